The lowest BCUT2D eigenvalue weighted by Crippen LogP contribution is -2.45. The molecule has 1 fully saturated rings. The summed E-state index contributed by atoms with van der Waals surface area (Å²) >= 11 is 0. The Kier molecular flexibility index (Phi) is 3.62. The summed E-state index contributed by atoms with van der Waals surface area (Å²) in [6, 6.07) is 8.10. The molecule has 1 aliphatic heterocycles. The number of benzene rings is 1. The first-order chi connectivity index (χ1) is 9.94. The van der Waals surface area contributed by atoms with Crippen molar-refractivity contribution in [2.24, 2.45) is 7.05 Å². The fourth-order valence-corrected chi connectivity index (χ4v) is 3.76. The average Bonchev–Trinajstić information content (AvgIpc) is 2.76. The largest absolute Gasteiger partial charge is 0.342 e. The molecule has 1 aromatic heterocycles. The van der Waals surface area contributed by atoms with Gasteiger partial charge in [0.2, 0.25) is 16.0 Å². The Balaban J connectivity index is 1.75. The van der Waals surface area contributed by atoms with E-state index in [1.165, 1.54) is 6.26 Å². The SMILES string of the molecule is Cn1c(N2CCC(NS(C)(=O)=O)CC2)nc2ccccc21. The Morgan fingerprint density at radius 2 is 1.90 bits per heavy atom. The number of sulfonamides is 1. The van der Waals surface area contributed by atoms with E-state index in [9.17, 15) is 8.42 Å². The number of nitrogens with zero attached hydrogens (tertiary/aromatic N) is 3. The van der Waals surface area contributed by atoms with Crippen molar-refractivity contribution in [2.75, 3.05) is 24.2 Å². The molecule has 0 aliphatic carbocycles. The smallest absolute Gasteiger partial charge is 0.208 e. The van der Waals surface area contributed by atoms with Crippen molar-refractivity contribution in [2.45, 2.75) is 18.9 Å². The van der Waals surface area contributed by atoms with Crippen LogP contribution in [-0.2, 0) is 17.1 Å². The van der Waals surface area contributed by atoms with E-state index in [2.05, 4.69) is 25.2 Å². The van der Waals surface area contributed by atoms with Crippen molar-refractivity contribution in [1.29, 1.82) is 0 Å². The van der Waals surface area contributed by atoms with Gasteiger partial charge in [0.25, 0.3) is 0 Å². The normalized spacial score (nSPS) is 17.5. The van der Waals surface area contributed by atoms with Crippen LogP contribution < -0.4 is 9.62 Å². The minimum absolute atomic E-state index is 0.0333. The highest BCUT2D eigenvalue weighted by Gasteiger charge is 2.24. The highest BCUT2D eigenvalue weighted by molar-refractivity contribution is 7.88. The minimum Gasteiger partial charge on any atom is -0.342 e. The number of hydrogen-bond acceptors (Lipinski definition) is 4. The first-order valence-corrected chi connectivity index (χ1v) is 8.97. The number of nitrogens with one attached hydrogen (secondary N) is 1. The maximum atomic E-state index is 11.3. The van der Waals surface area contributed by atoms with Crippen LogP contribution in [0.25, 0.3) is 11.0 Å². The molecule has 0 saturated carbocycles. The van der Waals surface area contributed by atoms with E-state index in [1.54, 1.807) is 0 Å². The lowest BCUT2D eigenvalue weighted by atomic mass is 10.1. The van der Waals surface area contributed by atoms with Gasteiger partial charge in [-0.1, -0.05) is 12.1 Å². The molecule has 6 nitrogen and oxygen atoms in total. The van der Waals surface area contributed by atoms with Gasteiger partial charge in [0, 0.05) is 26.2 Å². The number of rotatable bonds is 3. The first-order valence-electron chi connectivity index (χ1n) is 7.08. The number of fused-ring (bicyclic) bond motifs is 1. The van der Waals surface area contributed by atoms with Gasteiger partial charge < -0.3 is 9.47 Å². The van der Waals surface area contributed by atoms with E-state index in [0.717, 1.165) is 42.9 Å². The standard InChI is InChI=1S/C14H20N4O2S/c1-17-13-6-4-3-5-12(13)15-14(17)18-9-7-11(8-10-18)16-21(2,19)20/h3-6,11,16H,7-10H2,1-2H3. The van der Waals surface area contributed by atoms with Crippen molar-refractivity contribution in [3.63, 3.8) is 0 Å². The van der Waals surface area contributed by atoms with Crippen molar-refractivity contribution in [3.05, 3.63) is 24.3 Å². The number of para-hydroxylation sites is 2. The fraction of sp³-hybridized carbons (Fsp3) is 0.500. The zero-order valence-corrected chi connectivity index (χ0v) is 13.1. The third kappa shape index (κ3) is 3.03. The Hall–Kier alpha value is -1.60. The summed E-state index contributed by atoms with van der Waals surface area (Å²) in [6.45, 7) is 1.62. The topological polar surface area (TPSA) is 67.2 Å². The number of hydrogen-bond donors (Lipinski definition) is 1. The molecule has 0 bridgehead atoms. The maximum absolute atomic E-state index is 11.3. The highest BCUT2D eigenvalue weighted by Crippen LogP contribution is 2.23. The fourth-order valence-electron chi connectivity index (χ4n) is 2.92. The summed E-state index contributed by atoms with van der Waals surface area (Å²) in [7, 11) is -1.10. The van der Waals surface area contributed by atoms with E-state index in [4.69, 9.17) is 0 Å². The Morgan fingerprint density at radius 1 is 1.24 bits per heavy atom. The first kappa shape index (κ1) is 14.3. The second-order valence-electron chi connectivity index (χ2n) is 5.61. The van der Waals surface area contributed by atoms with Crippen LogP contribution in [0, 0.1) is 0 Å². The summed E-state index contributed by atoms with van der Waals surface area (Å²) in [5.41, 5.74) is 2.11. The molecule has 0 atom stereocenters. The van der Waals surface area contributed by atoms with Gasteiger partial charge in [-0.25, -0.2) is 18.1 Å². The molecule has 1 aliphatic rings. The van der Waals surface area contributed by atoms with Crippen molar-refractivity contribution >= 4 is 27.0 Å². The molecule has 3 rings (SSSR count). The van der Waals surface area contributed by atoms with Crippen LogP contribution in [0.15, 0.2) is 24.3 Å². The molecule has 114 valence electrons. The number of aromatic nitrogens is 2. The van der Waals surface area contributed by atoms with Crippen LogP contribution in [0.5, 0.6) is 0 Å². The Morgan fingerprint density at radius 3 is 2.52 bits per heavy atom. The molecular formula is C14H20N4O2S. The van der Waals surface area contributed by atoms with Crippen LogP contribution in [0.4, 0.5) is 5.95 Å². The van der Waals surface area contributed by atoms with E-state index >= 15 is 0 Å². The maximum Gasteiger partial charge on any atom is 0.208 e. The predicted molar refractivity (Wildman–Crippen MR) is 83.9 cm³/mol. The van der Waals surface area contributed by atoms with Crippen molar-refractivity contribution in [1.82, 2.24) is 14.3 Å². The molecule has 2 aromatic rings. The molecular weight excluding hydrogens is 288 g/mol. The Labute approximate surface area is 124 Å². The summed E-state index contributed by atoms with van der Waals surface area (Å²) in [5, 5.41) is 0. The van der Waals surface area contributed by atoms with Gasteiger partial charge in [-0.3, -0.25) is 0 Å². The lowest BCUT2D eigenvalue weighted by Gasteiger charge is -2.32. The van der Waals surface area contributed by atoms with Gasteiger partial charge in [-0.2, -0.15) is 0 Å². The van der Waals surface area contributed by atoms with Gasteiger partial charge in [0.15, 0.2) is 0 Å². The molecule has 0 spiro atoms. The molecule has 21 heavy (non-hydrogen) atoms. The van der Waals surface area contributed by atoms with Gasteiger partial charge in [0.1, 0.15) is 0 Å². The van der Waals surface area contributed by atoms with Crippen LogP contribution in [0.3, 0.4) is 0 Å². The zero-order valence-electron chi connectivity index (χ0n) is 12.3. The monoisotopic (exact) mass is 308 g/mol. The van der Waals surface area contributed by atoms with Gasteiger partial charge >= 0.3 is 0 Å². The molecule has 7 heteroatoms. The summed E-state index contributed by atoms with van der Waals surface area (Å²) in [5.74, 6) is 0.953. The number of aryl methyl sites for hydroxylation is 1. The van der Waals surface area contributed by atoms with Crippen LogP contribution >= 0.6 is 0 Å². The second kappa shape index (κ2) is 5.31. The third-order valence-electron chi connectivity index (χ3n) is 3.92. The van der Waals surface area contributed by atoms with Gasteiger partial charge in [-0.15, -0.1) is 0 Å². The number of anilines is 1. The lowest BCUT2D eigenvalue weighted by molar-refractivity contribution is 0.456. The second-order valence-corrected chi connectivity index (χ2v) is 7.39. The summed E-state index contributed by atoms with van der Waals surface area (Å²) in [4.78, 5) is 6.91. The molecule has 2 heterocycles. The number of piperidine rings is 1. The summed E-state index contributed by atoms with van der Waals surface area (Å²) in [6.07, 6.45) is 2.82. The van der Waals surface area contributed by atoms with E-state index in [0.29, 0.717) is 0 Å². The average molecular weight is 308 g/mol. The quantitative estimate of drug-likeness (QED) is 0.922. The molecule has 1 N–H and O–H groups in total. The third-order valence-corrected chi connectivity index (χ3v) is 4.68. The van der Waals surface area contributed by atoms with Crippen LogP contribution in [-0.4, -0.2) is 43.4 Å². The Bertz CT molecular complexity index is 745. The van der Waals surface area contributed by atoms with E-state index < -0.39 is 10.0 Å². The van der Waals surface area contributed by atoms with Gasteiger partial charge in [-0.05, 0) is 25.0 Å². The number of imidazole rings is 1. The van der Waals surface area contributed by atoms with Crippen molar-refractivity contribution in [3.8, 4) is 0 Å². The zero-order chi connectivity index (χ0) is 15.0. The van der Waals surface area contributed by atoms with Crippen LogP contribution in [0.2, 0.25) is 0 Å². The molecule has 0 unspecified atom stereocenters. The minimum atomic E-state index is -3.12. The highest BCUT2D eigenvalue weighted by atomic mass is 32.2. The van der Waals surface area contributed by atoms with Crippen molar-refractivity contribution < 1.29 is 8.42 Å². The summed E-state index contributed by atoms with van der Waals surface area (Å²) < 4.78 is 27.3. The van der Waals surface area contributed by atoms with E-state index in [1.807, 2.05) is 25.2 Å². The molecule has 1 saturated heterocycles. The van der Waals surface area contributed by atoms with E-state index in [-0.39, 0.29) is 6.04 Å². The van der Waals surface area contributed by atoms with Gasteiger partial charge in [0.05, 0.1) is 17.3 Å². The molecule has 0 amide bonds. The molecule has 1 aromatic carbocycles. The predicted octanol–water partition coefficient (Wildman–Crippen LogP) is 1.09. The molecule has 0 radical (unpaired) electrons. The van der Waals surface area contributed by atoms with Crippen LogP contribution in [0.1, 0.15) is 12.8 Å².